The largest absolute Gasteiger partial charge is 0.480 e. The van der Waals surface area contributed by atoms with Crippen molar-refractivity contribution in [1.82, 2.24) is 10.3 Å². The zero-order chi connectivity index (χ0) is 13.3. The first-order chi connectivity index (χ1) is 8.44. The van der Waals surface area contributed by atoms with Crippen LogP contribution in [0.4, 0.5) is 5.82 Å². The van der Waals surface area contributed by atoms with Gasteiger partial charge in [0.2, 0.25) is 0 Å². The number of nitrogens with zero attached hydrogens (tertiary/aromatic N) is 1. The molecule has 1 heterocycles. The minimum atomic E-state index is -1.23. The molecule has 3 N–H and O–H groups in total. The average Bonchev–Trinajstić information content (AvgIpc) is 2.71. The van der Waals surface area contributed by atoms with Gasteiger partial charge in [0.15, 0.2) is 5.69 Å². The lowest BCUT2D eigenvalue weighted by Crippen LogP contribution is -2.59. The summed E-state index contributed by atoms with van der Waals surface area (Å²) in [6.45, 7) is 0. The predicted molar refractivity (Wildman–Crippen MR) is 59.1 cm³/mol. The van der Waals surface area contributed by atoms with Crippen molar-refractivity contribution in [2.75, 3.05) is 0 Å². The molecule has 1 aliphatic rings. The van der Waals surface area contributed by atoms with Gasteiger partial charge in [-0.25, -0.2) is 9.78 Å². The number of carbonyl (C=O) groups is 2. The molecule has 0 unspecified atom stereocenters. The van der Waals surface area contributed by atoms with Crippen LogP contribution in [0.15, 0.2) is 12.1 Å². The Labute approximate surface area is 101 Å². The molecule has 1 amide bonds. The zero-order valence-electron chi connectivity index (χ0n) is 9.30. The van der Waals surface area contributed by atoms with Crippen molar-refractivity contribution in [3.05, 3.63) is 27.9 Å². The first-order valence-electron chi connectivity index (χ1n) is 5.34. The van der Waals surface area contributed by atoms with Crippen LogP contribution in [0.5, 0.6) is 0 Å². The van der Waals surface area contributed by atoms with Gasteiger partial charge in [0.1, 0.15) is 5.54 Å². The monoisotopic (exact) mass is 253 g/mol. The lowest BCUT2D eigenvalue weighted by Gasteiger charge is -2.37. The maximum Gasteiger partial charge on any atom is 0.329 e. The van der Waals surface area contributed by atoms with Gasteiger partial charge in [0, 0.05) is 6.07 Å². The summed E-state index contributed by atoms with van der Waals surface area (Å²) in [5.74, 6) is -2.04. The number of aromatic nitrogens is 1. The molecule has 96 valence electrons. The van der Waals surface area contributed by atoms with E-state index in [0.29, 0.717) is 12.8 Å². The molecular formula is C10H11N3O5. The molecule has 0 atom stereocenters. The lowest BCUT2D eigenvalue weighted by atomic mass is 9.76. The number of carboxylic acids is 1. The first kappa shape index (κ1) is 12.1. The molecule has 8 nitrogen and oxygen atoms in total. The Morgan fingerprint density at radius 3 is 2.50 bits per heavy atom. The number of rotatable bonds is 4. The molecule has 1 aromatic rings. The van der Waals surface area contributed by atoms with Crippen molar-refractivity contribution in [1.29, 1.82) is 0 Å². The molecule has 0 aliphatic heterocycles. The number of amides is 1. The molecule has 0 aromatic carbocycles. The molecule has 0 radical (unpaired) electrons. The number of carbonyl (C=O) groups excluding carboxylic acids is 1. The van der Waals surface area contributed by atoms with Gasteiger partial charge in [-0.2, -0.15) is 0 Å². The van der Waals surface area contributed by atoms with Gasteiger partial charge in [-0.05, 0) is 30.3 Å². The highest BCUT2D eigenvalue weighted by Gasteiger charge is 2.46. The highest BCUT2D eigenvalue weighted by Crippen LogP contribution is 2.32. The van der Waals surface area contributed by atoms with Crippen molar-refractivity contribution in [3.8, 4) is 0 Å². The number of aliphatic carboxylic acids is 1. The summed E-state index contributed by atoms with van der Waals surface area (Å²) >= 11 is 0. The van der Waals surface area contributed by atoms with Gasteiger partial charge in [0.25, 0.3) is 5.91 Å². The molecule has 8 heteroatoms. The highest BCUT2D eigenvalue weighted by molar-refractivity contribution is 5.97. The normalized spacial score (nSPS) is 16.7. The Hall–Kier alpha value is -2.38. The Balaban J connectivity index is 2.12. The van der Waals surface area contributed by atoms with E-state index in [9.17, 15) is 19.7 Å². The van der Waals surface area contributed by atoms with Crippen LogP contribution in [0.25, 0.3) is 0 Å². The van der Waals surface area contributed by atoms with Crippen LogP contribution in [0.2, 0.25) is 0 Å². The van der Waals surface area contributed by atoms with E-state index >= 15 is 0 Å². The number of nitro groups is 1. The van der Waals surface area contributed by atoms with Gasteiger partial charge in [-0.15, -0.1) is 0 Å². The Bertz CT molecular complexity index is 517. The topological polar surface area (TPSA) is 125 Å². The van der Waals surface area contributed by atoms with E-state index in [0.717, 1.165) is 12.5 Å². The zero-order valence-corrected chi connectivity index (χ0v) is 9.30. The predicted octanol–water partition coefficient (Wildman–Crippen LogP) is 0.660. The van der Waals surface area contributed by atoms with Crippen LogP contribution in [-0.2, 0) is 4.79 Å². The SMILES string of the molecule is O=C(NC1(C(=O)O)CCC1)c1ccc([N+](=O)[O-])[nH]1. The van der Waals surface area contributed by atoms with Crippen LogP contribution in [0.1, 0.15) is 29.8 Å². The molecule has 0 spiro atoms. The van der Waals surface area contributed by atoms with E-state index in [-0.39, 0.29) is 11.5 Å². The number of hydrogen-bond acceptors (Lipinski definition) is 4. The summed E-state index contributed by atoms with van der Waals surface area (Å²) in [5, 5.41) is 21.9. The molecule has 2 rings (SSSR count). The van der Waals surface area contributed by atoms with Crippen LogP contribution >= 0.6 is 0 Å². The number of hydrogen-bond donors (Lipinski definition) is 3. The van der Waals surface area contributed by atoms with Crippen molar-refractivity contribution in [2.45, 2.75) is 24.8 Å². The molecule has 1 aliphatic carbocycles. The van der Waals surface area contributed by atoms with E-state index < -0.39 is 22.3 Å². The number of H-pyrrole nitrogens is 1. The van der Waals surface area contributed by atoms with Crippen molar-refractivity contribution in [3.63, 3.8) is 0 Å². The van der Waals surface area contributed by atoms with Crippen LogP contribution in [0, 0.1) is 10.1 Å². The number of aromatic amines is 1. The fraction of sp³-hybridized carbons (Fsp3) is 0.400. The fourth-order valence-electron chi connectivity index (χ4n) is 1.83. The second-order valence-electron chi connectivity index (χ2n) is 4.21. The summed E-state index contributed by atoms with van der Waals surface area (Å²) in [6.07, 6.45) is 1.48. The summed E-state index contributed by atoms with van der Waals surface area (Å²) < 4.78 is 0. The second-order valence-corrected chi connectivity index (χ2v) is 4.21. The van der Waals surface area contributed by atoms with Gasteiger partial charge in [-0.3, -0.25) is 4.79 Å². The van der Waals surface area contributed by atoms with Gasteiger partial charge < -0.3 is 20.5 Å². The van der Waals surface area contributed by atoms with Crippen LogP contribution in [-0.4, -0.2) is 32.4 Å². The Morgan fingerprint density at radius 2 is 2.11 bits per heavy atom. The third-order valence-corrected chi connectivity index (χ3v) is 3.08. The van der Waals surface area contributed by atoms with E-state index in [1.54, 1.807) is 0 Å². The van der Waals surface area contributed by atoms with E-state index in [4.69, 9.17) is 5.11 Å². The third kappa shape index (κ3) is 1.92. The minimum Gasteiger partial charge on any atom is -0.480 e. The van der Waals surface area contributed by atoms with E-state index in [1.807, 2.05) is 0 Å². The quantitative estimate of drug-likeness (QED) is 0.536. The van der Waals surface area contributed by atoms with Gasteiger partial charge in [0.05, 0.1) is 0 Å². The minimum absolute atomic E-state index is 0.0192. The Morgan fingerprint density at radius 1 is 1.44 bits per heavy atom. The maximum atomic E-state index is 11.8. The third-order valence-electron chi connectivity index (χ3n) is 3.08. The lowest BCUT2D eigenvalue weighted by molar-refractivity contribution is -0.389. The standard InChI is InChI=1S/C10H11N3O5/c14-8(6-2-3-7(11-6)13(17)18)12-10(9(15)16)4-1-5-10/h2-3,11H,1,4-5H2,(H,12,14)(H,15,16). The molecule has 1 fully saturated rings. The maximum absolute atomic E-state index is 11.8. The van der Waals surface area contributed by atoms with Crippen LogP contribution < -0.4 is 5.32 Å². The van der Waals surface area contributed by atoms with Crippen molar-refractivity contribution >= 4 is 17.7 Å². The number of carboxylic acid groups (broad SMARTS) is 1. The van der Waals surface area contributed by atoms with Crippen LogP contribution in [0.3, 0.4) is 0 Å². The van der Waals surface area contributed by atoms with Crippen molar-refractivity contribution in [2.24, 2.45) is 0 Å². The van der Waals surface area contributed by atoms with Gasteiger partial charge in [-0.1, -0.05) is 0 Å². The summed E-state index contributed by atoms with van der Waals surface area (Å²) in [6, 6.07) is 2.41. The smallest absolute Gasteiger partial charge is 0.329 e. The summed E-state index contributed by atoms with van der Waals surface area (Å²) in [4.78, 5) is 34.9. The molecule has 1 saturated carbocycles. The first-order valence-corrected chi connectivity index (χ1v) is 5.34. The van der Waals surface area contributed by atoms with Crippen molar-refractivity contribution < 1.29 is 19.6 Å². The van der Waals surface area contributed by atoms with E-state index in [1.165, 1.54) is 6.07 Å². The average molecular weight is 253 g/mol. The second kappa shape index (κ2) is 4.13. The molecular weight excluding hydrogens is 242 g/mol. The molecule has 0 bridgehead atoms. The Kier molecular flexibility index (Phi) is 2.77. The van der Waals surface area contributed by atoms with Gasteiger partial charge >= 0.3 is 11.8 Å². The molecule has 18 heavy (non-hydrogen) atoms. The summed E-state index contributed by atoms with van der Waals surface area (Å²) in [7, 11) is 0. The highest BCUT2D eigenvalue weighted by atomic mass is 16.6. The van der Waals surface area contributed by atoms with E-state index in [2.05, 4.69) is 10.3 Å². The molecule has 0 saturated heterocycles. The number of nitrogens with one attached hydrogen (secondary N) is 2. The summed E-state index contributed by atoms with van der Waals surface area (Å²) in [5.41, 5.74) is -1.24. The fourth-order valence-corrected chi connectivity index (χ4v) is 1.83. The molecule has 1 aromatic heterocycles.